The molecule has 0 saturated heterocycles. The Hall–Kier alpha value is -1.36. The highest BCUT2D eigenvalue weighted by Gasteiger charge is 2.31. The minimum absolute atomic E-state index is 0.00619. The molecule has 116 valence electrons. The SMILES string of the molecule is O=C(CC1(O)CCCCC1)NC[C@H]1CCn2ccnc2C1. The van der Waals surface area contributed by atoms with E-state index in [4.69, 9.17) is 0 Å². The number of nitrogens with zero attached hydrogens (tertiary/aromatic N) is 2. The number of rotatable bonds is 4. The van der Waals surface area contributed by atoms with Gasteiger partial charge in [-0.05, 0) is 25.2 Å². The van der Waals surface area contributed by atoms with Crippen LogP contribution in [0.1, 0.15) is 50.8 Å². The van der Waals surface area contributed by atoms with Crippen LogP contribution in [0.15, 0.2) is 12.4 Å². The second-order valence-corrected chi connectivity index (χ2v) is 6.66. The molecule has 1 aromatic heterocycles. The van der Waals surface area contributed by atoms with E-state index < -0.39 is 5.60 Å². The van der Waals surface area contributed by atoms with Crippen molar-refractivity contribution in [3.63, 3.8) is 0 Å². The van der Waals surface area contributed by atoms with E-state index in [9.17, 15) is 9.90 Å². The third-order valence-corrected chi connectivity index (χ3v) is 4.91. The lowest BCUT2D eigenvalue weighted by Crippen LogP contribution is -2.40. The molecule has 1 atom stereocenters. The van der Waals surface area contributed by atoms with Crippen LogP contribution in [0.25, 0.3) is 0 Å². The first-order valence-electron chi connectivity index (χ1n) is 8.14. The molecule has 5 heteroatoms. The molecule has 2 aliphatic rings. The Bertz CT molecular complexity index is 491. The average Bonchev–Trinajstić information content (AvgIpc) is 2.93. The number of nitrogens with one attached hydrogen (secondary N) is 1. The van der Waals surface area contributed by atoms with Crippen LogP contribution in [-0.2, 0) is 17.8 Å². The lowest BCUT2D eigenvalue weighted by Gasteiger charge is -2.31. The zero-order valence-electron chi connectivity index (χ0n) is 12.6. The molecule has 3 rings (SSSR count). The largest absolute Gasteiger partial charge is 0.389 e. The van der Waals surface area contributed by atoms with Crippen LogP contribution in [0.4, 0.5) is 0 Å². The van der Waals surface area contributed by atoms with Gasteiger partial charge in [-0.2, -0.15) is 0 Å². The number of imidazole rings is 1. The highest BCUT2D eigenvalue weighted by atomic mass is 16.3. The lowest BCUT2D eigenvalue weighted by molar-refractivity contribution is -0.127. The highest BCUT2D eigenvalue weighted by molar-refractivity contribution is 5.77. The molecular formula is C16H25N3O2. The van der Waals surface area contributed by atoms with Gasteiger partial charge in [-0.15, -0.1) is 0 Å². The van der Waals surface area contributed by atoms with Crippen molar-refractivity contribution in [2.45, 2.75) is 63.5 Å². The number of hydrogen-bond acceptors (Lipinski definition) is 3. The molecule has 0 spiro atoms. The van der Waals surface area contributed by atoms with E-state index in [1.54, 1.807) is 0 Å². The number of amides is 1. The fourth-order valence-corrected chi connectivity index (χ4v) is 3.60. The molecule has 2 heterocycles. The van der Waals surface area contributed by atoms with Gasteiger partial charge in [-0.3, -0.25) is 4.79 Å². The van der Waals surface area contributed by atoms with Crippen LogP contribution in [-0.4, -0.2) is 32.7 Å². The van der Waals surface area contributed by atoms with Crippen molar-refractivity contribution in [2.24, 2.45) is 5.92 Å². The van der Waals surface area contributed by atoms with E-state index in [0.717, 1.165) is 50.9 Å². The van der Waals surface area contributed by atoms with Crippen LogP contribution < -0.4 is 5.32 Å². The van der Waals surface area contributed by atoms with Crippen LogP contribution in [0, 0.1) is 5.92 Å². The molecular weight excluding hydrogens is 266 g/mol. The minimum Gasteiger partial charge on any atom is -0.389 e. The topological polar surface area (TPSA) is 67.2 Å². The summed E-state index contributed by atoms with van der Waals surface area (Å²) in [5.74, 6) is 1.57. The smallest absolute Gasteiger partial charge is 0.222 e. The Morgan fingerprint density at radius 2 is 2.24 bits per heavy atom. The van der Waals surface area contributed by atoms with E-state index in [1.165, 1.54) is 6.42 Å². The third kappa shape index (κ3) is 3.64. The van der Waals surface area contributed by atoms with Gasteiger partial charge in [0.1, 0.15) is 5.82 Å². The van der Waals surface area contributed by atoms with Crippen molar-refractivity contribution in [1.29, 1.82) is 0 Å². The molecule has 1 aliphatic carbocycles. The molecule has 5 nitrogen and oxygen atoms in total. The Balaban J connectivity index is 1.44. The second kappa shape index (κ2) is 6.18. The van der Waals surface area contributed by atoms with Crippen LogP contribution in [0.2, 0.25) is 0 Å². The van der Waals surface area contributed by atoms with Gasteiger partial charge in [0, 0.05) is 31.9 Å². The van der Waals surface area contributed by atoms with Crippen molar-refractivity contribution >= 4 is 5.91 Å². The van der Waals surface area contributed by atoms with Gasteiger partial charge < -0.3 is 15.0 Å². The molecule has 1 amide bonds. The summed E-state index contributed by atoms with van der Waals surface area (Å²) < 4.78 is 2.18. The number of aromatic nitrogens is 2. The summed E-state index contributed by atoms with van der Waals surface area (Å²) in [6.07, 6.45) is 10.9. The van der Waals surface area contributed by atoms with E-state index in [-0.39, 0.29) is 12.3 Å². The monoisotopic (exact) mass is 291 g/mol. The van der Waals surface area contributed by atoms with E-state index in [2.05, 4.69) is 14.9 Å². The first-order valence-corrected chi connectivity index (χ1v) is 8.14. The molecule has 0 bridgehead atoms. The number of carbonyl (C=O) groups is 1. The Morgan fingerprint density at radius 1 is 1.43 bits per heavy atom. The van der Waals surface area contributed by atoms with Gasteiger partial charge in [0.2, 0.25) is 5.91 Å². The van der Waals surface area contributed by atoms with Gasteiger partial charge in [-0.1, -0.05) is 19.3 Å². The van der Waals surface area contributed by atoms with E-state index in [0.29, 0.717) is 12.5 Å². The van der Waals surface area contributed by atoms with Gasteiger partial charge in [0.25, 0.3) is 0 Å². The maximum atomic E-state index is 12.1. The number of carbonyl (C=O) groups excluding carboxylic acids is 1. The number of aryl methyl sites for hydroxylation is 1. The summed E-state index contributed by atoms with van der Waals surface area (Å²) in [6.45, 7) is 1.68. The predicted octanol–water partition coefficient (Wildman–Crippen LogP) is 1.65. The van der Waals surface area contributed by atoms with Gasteiger partial charge in [-0.25, -0.2) is 4.98 Å². The zero-order valence-corrected chi connectivity index (χ0v) is 12.6. The first-order chi connectivity index (χ1) is 10.1. The summed E-state index contributed by atoms with van der Waals surface area (Å²) in [7, 11) is 0. The molecule has 21 heavy (non-hydrogen) atoms. The van der Waals surface area contributed by atoms with Crippen molar-refractivity contribution in [1.82, 2.24) is 14.9 Å². The Morgan fingerprint density at radius 3 is 3.05 bits per heavy atom. The maximum Gasteiger partial charge on any atom is 0.222 e. The summed E-state index contributed by atoms with van der Waals surface area (Å²) in [5, 5.41) is 13.4. The molecule has 0 unspecified atom stereocenters. The molecule has 1 aromatic rings. The summed E-state index contributed by atoms with van der Waals surface area (Å²) in [5.41, 5.74) is -0.759. The Labute approximate surface area is 125 Å². The van der Waals surface area contributed by atoms with Gasteiger partial charge >= 0.3 is 0 Å². The maximum absolute atomic E-state index is 12.1. The van der Waals surface area contributed by atoms with Crippen LogP contribution in [0.5, 0.6) is 0 Å². The summed E-state index contributed by atoms with van der Waals surface area (Å²) in [4.78, 5) is 16.4. The molecule has 0 aromatic carbocycles. The zero-order chi connectivity index (χ0) is 14.7. The lowest BCUT2D eigenvalue weighted by atomic mass is 9.82. The number of aliphatic hydroxyl groups is 1. The molecule has 0 radical (unpaired) electrons. The average molecular weight is 291 g/mol. The second-order valence-electron chi connectivity index (χ2n) is 6.66. The third-order valence-electron chi connectivity index (χ3n) is 4.91. The standard InChI is InChI=1S/C16H25N3O2/c20-15(11-16(21)5-2-1-3-6-16)18-12-13-4-8-19-9-7-17-14(19)10-13/h7,9,13,21H,1-6,8,10-12H2,(H,18,20)/t13-/m0/s1. The van der Waals surface area contributed by atoms with E-state index >= 15 is 0 Å². The van der Waals surface area contributed by atoms with Gasteiger partial charge in [0.15, 0.2) is 0 Å². The normalized spacial score (nSPS) is 24.3. The van der Waals surface area contributed by atoms with Gasteiger partial charge in [0.05, 0.1) is 12.0 Å². The molecule has 1 aliphatic heterocycles. The van der Waals surface area contributed by atoms with Crippen molar-refractivity contribution in [3.05, 3.63) is 18.2 Å². The van der Waals surface area contributed by atoms with Crippen molar-refractivity contribution in [2.75, 3.05) is 6.54 Å². The summed E-state index contributed by atoms with van der Waals surface area (Å²) >= 11 is 0. The number of hydrogen-bond donors (Lipinski definition) is 2. The van der Waals surface area contributed by atoms with E-state index in [1.807, 2.05) is 12.4 Å². The highest BCUT2D eigenvalue weighted by Crippen LogP contribution is 2.30. The van der Waals surface area contributed by atoms with Crippen LogP contribution in [0.3, 0.4) is 0 Å². The quantitative estimate of drug-likeness (QED) is 0.886. The fourth-order valence-electron chi connectivity index (χ4n) is 3.60. The predicted molar refractivity (Wildman–Crippen MR) is 79.7 cm³/mol. The summed E-state index contributed by atoms with van der Waals surface area (Å²) in [6, 6.07) is 0. The fraction of sp³-hybridized carbons (Fsp3) is 0.750. The van der Waals surface area contributed by atoms with Crippen molar-refractivity contribution < 1.29 is 9.90 Å². The minimum atomic E-state index is -0.759. The van der Waals surface area contributed by atoms with Crippen LogP contribution >= 0.6 is 0 Å². The first kappa shape index (κ1) is 14.6. The number of fused-ring (bicyclic) bond motifs is 1. The molecule has 1 fully saturated rings. The molecule has 2 N–H and O–H groups in total. The Kier molecular flexibility index (Phi) is 4.29. The van der Waals surface area contributed by atoms with Crippen molar-refractivity contribution in [3.8, 4) is 0 Å². The molecule has 1 saturated carbocycles.